The topological polar surface area (TPSA) is 71.4 Å². The summed E-state index contributed by atoms with van der Waals surface area (Å²) in [6.45, 7) is 0. The molecule has 3 nitrogen and oxygen atoms in total. The Morgan fingerprint density at radius 2 is 0.646 bits per heavy atom. The van der Waals surface area contributed by atoms with Gasteiger partial charge in [-0.25, -0.2) is 0 Å². The van der Waals surface area contributed by atoms with E-state index in [1.807, 2.05) is 78.9 Å². The van der Waals surface area contributed by atoms with Gasteiger partial charge in [-0.15, -0.1) is 0 Å². The molecule has 0 atom stereocenters. The van der Waals surface area contributed by atoms with Crippen LogP contribution in [0.15, 0.2) is 164 Å². The number of hydrogen-bond acceptors (Lipinski definition) is 3. The molecule has 0 aromatic heterocycles. The highest BCUT2D eigenvalue weighted by Gasteiger charge is 2.13. The van der Waals surface area contributed by atoms with Crippen LogP contribution in [-0.4, -0.2) is 0 Å². The zero-order valence-corrected chi connectivity index (χ0v) is 25.9. The average molecular weight is 610 g/mol. The molecule has 0 N–H and O–H groups in total. The molecule has 48 heavy (non-hydrogen) atoms. The van der Waals surface area contributed by atoms with E-state index in [0.29, 0.717) is 16.7 Å². The maximum Gasteiger partial charge on any atom is 0.100 e. The van der Waals surface area contributed by atoms with Crippen LogP contribution in [0.25, 0.3) is 66.8 Å². The minimum atomic E-state index is 0.637. The lowest BCUT2D eigenvalue weighted by Gasteiger charge is -2.13. The Hall–Kier alpha value is -6.99. The highest BCUT2D eigenvalue weighted by atomic mass is 14.3. The van der Waals surface area contributed by atoms with Crippen LogP contribution < -0.4 is 0 Å². The second-order valence-electron chi connectivity index (χ2n) is 11.5. The highest BCUT2D eigenvalue weighted by molar-refractivity contribution is 5.85. The molecule has 0 aliphatic carbocycles. The van der Waals surface area contributed by atoms with Crippen LogP contribution in [0.1, 0.15) is 16.7 Å². The molecule has 3 heteroatoms. The quantitative estimate of drug-likeness (QED) is 0.188. The molecule has 0 saturated heterocycles. The molecule has 0 radical (unpaired) electrons. The maximum atomic E-state index is 10.4. The average Bonchev–Trinajstić information content (AvgIpc) is 3.18. The number of nitriles is 3. The molecular weight excluding hydrogens is 583 g/mol. The molecule has 7 rings (SSSR count). The summed E-state index contributed by atoms with van der Waals surface area (Å²) >= 11 is 0. The van der Waals surface area contributed by atoms with E-state index in [2.05, 4.69) is 103 Å². The van der Waals surface area contributed by atoms with Gasteiger partial charge in [-0.3, -0.25) is 0 Å². The molecule has 0 aliphatic rings. The predicted octanol–water partition coefficient (Wildman–Crippen LogP) is 11.3. The van der Waals surface area contributed by atoms with Crippen LogP contribution in [0.4, 0.5) is 0 Å². The van der Waals surface area contributed by atoms with Gasteiger partial charge in [0.25, 0.3) is 0 Å². The molecule has 0 unspecified atom stereocenters. The van der Waals surface area contributed by atoms with Crippen molar-refractivity contribution < 1.29 is 0 Å². The molecule has 0 heterocycles. The molecule has 0 aliphatic heterocycles. The first-order valence-electron chi connectivity index (χ1n) is 15.6. The van der Waals surface area contributed by atoms with Crippen molar-refractivity contribution in [1.29, 1.82) is 15.8 Å². The Morgan fingerprint density at radius 3 is 1.19 bits per heavy atom. The van der Waals surface area contributed by atoms with E-state index in [0.717, 1.165) is 66.8 Å². The number of benzene rings is 7. The van der Waals surface area contributed by atoms with E-state index >= 15 is 0 Å². The van der Waals surface area contributed by atoms with Crippen molar-refractivity contribution in [1.82, 2.24) is 0 Å². The van der Waals surface area contributed by atoms with Crippen molar-refractivity contribution in [3.05, 3.63) is 180 Å². The third kappa shape index (κ3) is 5.99. The van der Waals surface area contributed by atoms with Gasteiger partial charge in [0.05, 0.1) is 28.8 Å². The van der Waals surface area contributed by atoms with Crippen LogP contribution in [0.5, 0.6) is 0 Å². The molecular formula is C45H27N3. The van der Waals surface area contributed by atoms with Gasteiger partial charge in [-0.05, 0) is 92.0 Å². The monoisotopic (exact) mass is 609 g/mol. The minimum absolute atomic E-state index is 0.637. The molecule has 7 aromatic rings. The third-order valence-electron chi connectivity index (χ3n) is 8.63. The summed E-state index contributed by atoms with van der Waals surface area (Å²) in [4.78, 5) is 0. The summed E-state index contributed by atoms with van der Waals surface area (Å²) < 4.78 is 0. The van der Waals surface area contributed by atoms with Crippen LogP contribution in [0.3, 0.4) is 0 Å². The Kier molecular flexibility index (Phi) is 8.15. The Bertz CT molecular complexity index is 2400. The SMILES string of the molecule is N#Cc1ccc(-c2ccc(-c3cccc(-c4cccc(-c5ccc(-c6cccc(-c7cccc(C#N)c7)c6)cc5)c4C#N)c3)cc2)cc1. The smallest absolute Gasteiger partial charge is 0.100 e. The summed E-state index contributed by atoms with van der Waals surface area (Å²) in [7, 11) is 0. The molecule has 0 bridgehead atoms. The Morgan fingerprint density at radius 1 is 0.271 bits per heavy atom. The molecule has 7 aromatic carbocycles. The Balaban J connectivity index is 1.16. The molecule has 0 spiro atoms. The summed E-state index contributed by atoms with van der Waals surface area (Å²) in [5, 5.41) is 28.8. The molecule has 0 fully saturated rings. The van der Waals surface area contributed by atoms with Crippen LogP contribution in [-0.2, 0) is 0 Å². The summed E-state index contributed by atoms with van der Waals surface area (Å²) in [5.41, 5.74) is 14.2. The maximum absolute atomic E-state index is 10.4. The predicted molar refractivity (Wildman–Crippen MR) is 193 cm³/mol. The lowest BCUT2D eigenvalue weighted by Crippen LogP contribution is -1.91. The minimum Gasteiger partial charge on any atom is -0.192 e. The second kappa shape index (κ2) is 13.2. The van der Waals surface area contributed by atoms with Gasteiger partial charge in [0.1, 0.15) is 6.07 Å². The first-order chi connectivity index (χ1) is 23.6. The number of rotatable bonds is 6. The van der Waals surface area contributed by atoms with Crippen molar-refractivity contribution in [3.63, 3.8) is 0 Å². The van der Waals surface area contributed by atoms with Gasteiger partial charge < -0.3 is 0 Å². The highest BCUT2D eigenvalue weighted by Crippen LogP contribution is 2.36. The van der Waals surface area contributed by atoms with E-state index < -0.39 is 0 Å². The lowest BCUT2D eigenvalue weighted by molar-refractivity contribution is 1.47. The number of hydrogen-bond donors (Lipinski definition) is 0. The largest absolute Gasteiger partial charge is 0.192 e. The summed E-state index contributed by atoms with van der Waals surface area (Å²) in [5.74, 6) is 0. The van der Waals surface area contributed by atoms with Crippen molar-refractivity contribution in [2.24, 2.45) is 0 Å². The normalized spacial score (nSPS) is 10.4. The fourth-order valence-electron chi connectivity index (χ4n) is 6.10. The van der Waals surface area contributed by atoms with E-state index in [-0.39, 0.29) is 0 Å². The van der Waals surface area contributed by atoms with Gasteiger partial charge in [0, 0.05) is 11.1 Å². The van der Waals surface area contributed by atoms with Crippen LogP contribution in [0.2, 0.25) is 0 Å². The van der Waals surface area contributed by atoms with Gasteiger partial charge in [-0.2, -0.15) is 15.8 Å². The fourth-order valence-corrected chi connectivity index (χ4v) is 6.10. The fraction of sp³-hybridized carbons (Fsp3) is 0. The molecule has 0 saturated carbocycles. The first kappa shape index (κ1) is 29.7. The van der Waals surface area contributed by atoms with E-state index in [9.17, 15) is 10.5 Å². The zero-order chi connectivity index (χ0) is 32.9. The van der Waals surface area contributed by atoms with Crippen molar-refractivity contribution in [2.45, 2.75) is 0 Å². The molecule has 222 valence electrons. The van der Waals surface area contributed by atoms with E-state index in [4.69, 9.17) is 5.26 Å². The van der Waals surface area contributed by atoms with Crippen molar-refractivity contribution in [3.8, 4) is 85.0 Å². The lowest BCUT2D eigenvalue weighted by atomic mass is 9.90. The van der Waals surface area contributed by atoms with Gasteiger partial charge in [-0.1, -0.05) is 127 Å². The van der Waals surface area contributed by atoms with Crippen molar-refractivity contribution >= 4 is 0 Å². The number of nitrogens with zero attached hydrogens (tertiary/aromatic N) is 3. The summed E-state index contributed by atoms with van der Waals surface area (Å²) in [6.07, 6.45) is 0. The van der Waals surface area contributed by atoms with Gasteiger partial charge >= 0.3 is 0 Å². The second-order valence-corrected chi connectivity index (χ2v) is 11.5. The van der Waals surface area contributed by atoms with Gasteiger partial charge in [0.15, 0.2) is 0 Å². The standard InChI is InChI=1S/C45H27N3/c46-28-31-13-15-33(16-14-31)34-17-19-35(20-18-34)40-8-3-10-42(27-40)44-12-4-11-43(45(44)30-48)37-23-21-36(22-24-37)39-7-2-9-41(26-39)38-6-1-5-32(25-38)29-47/h1-27H. The van der Waals surface area contributed by atoms with E-state index in [1.165, 1.54) is 0 Å². The van der Waals surface area contributed by atoms with Gasteiger partial charge in [0.2, 0.25) is 0 Å². The van der Waals surface area contributed by atoms with Crippen LogP contribution >= 0.6 is 0 Å². The van der Waals surface area contributed by atoms with Crippen molar-refractivity contribution in [2.75, 3.05) is 0 Å². The zero-order valence-electron chi connectivity index (χ0n) is 25.9. The molecule has 0 amide bonds. The van der Waals surface area contributed by atoms with Crippen LogP contribution in [0, 0.1) is 34.0 Å². The first-order valence-corrected chi connectivity index (χ1v) is 15.6. The third-order valence-corrected chi connectivity index (χ3v) is 8.63. The van der Waals surface area contributed by atoms with E-state index in [1.54, 1.807) is 0 Å². The summed E-state index contributed by atoms with van der Waals surface area (Å²) in [6, 6.07) is 61.5. The Labute approximate surface area is 280 Å².